The van der Waals surface area contributed by atoms with Crippen molar-refractivity contribution in [3.8, 4) is 0 Å². The Balaban J connectivity index is 2.19. The molecule has 1 N–H and O–H groups in total. The van der Waals surface area contributed by atoms with Crippen molar-refractivity contribution in [2.45, 2.75) is 6.61 Å². The molecule has 0 spiro atoms. The summed E-state index contributed by atoms with van der Waals surface area (Å²) in [7, 11) is 1.55. The van der Waals surface area contributed by atoms with Gasteiger partial charge in [0, 0.05) is 18.7 Å². The smallest absolute Gasteiger partial charge is 0.255 e. The lowest BCUT2D eigenvalue weighted by atomic mass is 10.1. The second-order valence-electron chi connectivity index (χ2n) is 4.21. The maximum Gasteiger partial charge on any atom is 0.255 e. The number of amides is 1. The highest BCUT2D eigenvalue weighted by Crippen LogP contribution is 2.17. The largest absolute Gasteiger partial charge is 0.380 e. The first-order chi connectivity index (χ1) is 9.60. The van der Waals surface area contributed by atoms with Crippen molar-refractivity contribution in [2.75, 3.05) is 12.4 Å². The monoisotopic (exact) mass is 277 g/mol. The van der Waals surface area contributed by atoms with Crippen LogP contribution in [0.4, 0.5) is 14.5 Å². The van der Waals surface area contributed by atoms with Crippen LogP contribution in [0.5, 0.6) is 0 Å². The summed E-state index contributed by atoms with van der Waals surface area (Å²) in [6.07, 6.45) is 0. The van der Waals surface area contributed by atoms with Gasteiger partial charge < -0.3 is 10.1 Å². The van der Waals surface area contributed by atoms with Crippen molar-refractivity contribution in [2.24, 2.45) is 0 Å². The zero-order chi connectivity index (χ0) is 14.5. The fraction of sp³-hybridized carbons (Fsp3) is 0.133. The highest BCUT2D eigenvalue weighted by molar-refractivity contribution is 6.04. The Morgan fingerprint density at radius 3 is 2.75 bits per heavy atom. The second kappa shape index (κ2) is 6.25. The van der Waals surface area contributed by atoms with Crippen LogP contribution in [0.25, 0.3) is 0 Å². The molecule has 104 valence electrons. The topological polar surface area (TPSA) is 38.3 Å². The van der Waals surface area contributed by atoms with Gasteiger partial charge in [0.25, 0.3) is 5.91 Å². The summed E-state index contributed by atoms with van der Waals surface area (Å²) in [6, 6.07) is 9.62. The van der Waals surface area contributed by atoms with E-state index in [9.17, 15) is 13.6 Å². The molecule has 3 nitrogen and oxygen atoms in total. The molecule has 20 heavy (non-hydrogen) atoms. The van der Waals surface area contributed by atoms with Crippen LogP contribution < -0.4 is 5.32 Å². The molecule has 0 fully saturated rings. The Hall–Kier alpha value is -2.27. The Bertz CT molecular complexity index is 629. The van der Waals surface area contributed by atoms with Gasteiger partial charge in [-0.1, -0.05) is 12.1 Å². The van der Waals surface area contributed by atoms with Gasteiger partial charge in [0.2, 0.25) is 0 Å². The molecule has 0 aromatic heterocycles. The van der Waals surface area contributed by atoms with E-state index >= 15 is 0 Å². The van der Waals surface area contributed by atoms with Crippen LogP contribution in [-0.4, -0.2) is 13.0 Å². The number of carbonyl (C=O) groups is 1. The van der Waals surface area contributed by atoms with E-state index in [2.05, 4.69) is 5.32 Å². The number of rotatable bonds is 4. The lowest BCUT2D eigenvalue weighted by molar-refractivity contribution is 0.102. The van der Waals surface area contributed by atoms with Crippen LogP contribution in [0, 0.1) is 11.6 Å². The van der Waals surface area contributed by atoms with Crippen molar-refractivity contribution in [3.63, 3.8) is 0 Å². The molecule has 0 atom stereocenters. The summed E-state index contributed by atoms with van der Waals surface area (Å²) >= 11 is 0. The van der Waals surface area contributed by atoms with E-state index in [1.54, 1.807) is 25.3 Å². The lowest BCUT2D eigenvalue weighted by Crippen LogP contribution is -2.13. The highest BCUT2D eigenvalue weighted by Gasteiger charge is 2.10. The van der Waals surface area contributed by atoms with Gasteiger partial charge in [0.15, 0.2) is 0 Å². The Labute approximate surface area is 115 Å². The Morgan fingerprint density at radius 1 is 1.20 bits per heavy atom. The van der Waals surface area contributed by atoms with Gasteiger partial charge in [0.1, 0.15) is 11.6 Å². The number of carbonyl (C=O) groups excluding carboxylic acids is 1. The molecule has 0 unspecified atom stereocenters. The summed E-state index contributed by atoms with van der Waals surface area (Å²) in [5, 5.41) is 2.34. The minimum absolute atomic E-state index is 0.188. The van der Waals surface area contributed by atoms with Gasteiger partial charge in [0.05, 0.1) is 12.3 Å². The molecule has 0 bridgehead atoms. The molecule has 0 saturated heterocycles. The number of ether oxygens (including phenoxy) is 1. The summed E-state index contributed by atoms with van der Waals surface area (Å²) in [6.45, 7) is 0.370. The zero-order valence-corrected chi connectivity index (χ0v) is 10.8. The summed E-state index contributed by atoms with van der Waals surface area (Å²) in [5.74, 6) is -1.81. The van der Waals surface area contributed by atoms with Gasteiger partial charge in [-0.15, -0.1) is 0 Å². The van der Waals surface area contributed by atoms with E-state index in [0.717, 1.165) is 23.8 Å². The molecule has 5 heteroatoms. The summed E-state index contributed by atoms with van der Waals surface area (Å²) in [5.41, 5.74) is 0.982. The van der Waals surface area contributed by atoms with E-state index in [0.29, 0.717) is 12.2 Å². The van der Waals surface area contributed by atoms with E-state index in [1.807, 2.05) is 6.07 Å². The average molecular weight is 277 g/mol. The number of halogens is 2. The first-order valence-electron chi connectivity index (χ1n) is 5.94. The molecular weight excluding hydrogens is 264 g/mol. The van der Waals surface area contributed by atoms with Crippen LogP contribution >= 0.6 is 0 Å². The Kier molecular flexibility index (Phi) is 4.42. The van der Waals surface area contributed by atoms with Crippen molar-refractivity contribution >= 4 is 11.6 Å². The van der Waals surface area contributed by atoms with Crippen molar-refractivity contribution in [1.29, 1.82) is 0 Å². The third-order valence-corrected chi connectivity index (χ3v) is 2.68. The molecule has 2 aromatic rings. The quantitative estimate of drug-likeness (QED) is 0.930. The van der Waals surface area contributed by atoms with E-state index in [-0.39, 0.29) is 5.69 Å². The fourth-order valence-electron chi connectivity index (χ4n) is 1.76. The molecule has 0 heterocycles. The predicted molar refractivity (Wildman–Crippen MR) is 71.5 cm³/mol. The van der Waals surface area contributed by atoms with Crippen molar-refractivity contribution in [3.05, 3.63) is 65.2 Å². The van der Waals surface area contributed by atoms with Gasteiger partial charge >= 0.3 is 0 Å². The van der Waals surface area contributed by atoms with Crippen molar-refractivity contribution in [1.82, 2.24) is 0 Å². The minimum Gasteiger partial charge on any atom is -0.380 e. The molecule has 1 amide bonds. The number of benzene rings is 2. The molecule has 2 aromatic carbocycles. The second-order valence-corrected chi connectivity index (χ2v) is 4.21. The molecule has 0 radical (unpaired) electrons. The zero-order valence-electron chi connectivity index (χ0n) is 10.8. The normalized spacial score (nSPS) is 10.3. The van der Waals surface area contributed by atoms with E-state index < -0.39 is 17.5 Å². The highest BCUT2D eigenvalue weighted by atomic mass is 19.1. The first kappa shape index (κ1) is 14.1. The number of nitrogens with one attached hydrogen (secondary N) is 1. The third-order valence-electron chi connectivity index (χ3n) is 2.68. The van der Waals surface area contributed by atoms with E-state index in [4.69, 9.17) is 4.74 Å². The van der Waals surface area contributed by atoms with Gasteiger partial charge in [-0.25, -0.2) is 8.78 Å². The van der Waals surface area contributed by atoms with Crippen LogP contribution in [0.2, 0.25) is 0 Å². The molecule has 0 aliphatic carbocycles. The average Bonchev–Trinajstić information content (AvgIpc) is 2.43. The number of hydrogen-bond acceptors (Lipinski definition) is 2. The fourth-order valence-corrected chi connectivity index (χ4v) is 1.76. The number of methoxy groups -OCH3 is 1. The maximum absolute atomic E-state index is 13.4. The maximum atomic E-state index is 13.4. The van der Waals surface area contributed by atoms with Crippen LogP contribution in [0.1, 0.15) is 15.9 Å². The molecule has 0 aliphatic rings. The van der Waals surface area contributed by atoms with Gasteiger partial charge in [-0.05, 0) is 29.8 Å². The van der Waals surface area contributed by atoms with Gasteiger partial charge in [-0.3, -0.25) is 4.79 Å². The minimum atomic E-state index is -0.687. The van der Waals surface area contributed by atoms with E-state index in [1.165, 1.54) is 0 Å². The third kappa shape index (κ3) is 3.39. The van der Waals surface area contributed by atoms with Crippen LogP contribution in [-0.2, 0) is 11.3 Å². The Morgan fingerprint density at radius 2 is 2.00 bits per heavy atom. The molecule has 0 saturated carbocycles. The summed E-state index contributed by atoms with van der Waals surface area (Å²) < 4.78 is 31.4. The van der Waals surface area contributed by atoms with Crippen LogP contribution in [0.15, 0.2) is 42.5 Å². The summed E-state index contributed by atoms with van der Waals surface area (Å²) in [4.78, 5) is 12.0. The molecule has 2 rings (SSSR count). The number of anilines is 1. The predicted octanol–water partition coefficient (Wildman–Crippen LogP) is 3.36. The van der Waals surface area contributed by atoms with Crippen LogP contribution in [0.3, 0.4) is 0 Å². The lowest BCUT2D eigenvalue weighted by Gasteiger charge is -2.08. The number of hydrogen-bond donors (Lipinski definition) is 1. The van der Waals surface area contributed by atoms with Gasteiger partial charge in [-0.2, -0.15) is 0 Å². The molecular formula is C15H13F2NO2. The standard InChI is InChI=1S/C15H13F2NO2/c1-20-9-10-3-2-4-11(7-10)15(19)18-14-8-12(16)5-6-13(14)17/h2-8H,9H2,1H3,(H,18,19). The van der Waals surface area contributed by atoms with Crippen molar-refractivity contribution < 1.29 is 18.3 Å². The SMILES string of the molecule is COCc1cccc(C(=O)Nc2cc(F)ccc2F)c1. The molecule has 0 aliphatic heterocycles. The first-order valence-corrected chi connectivity index (χ1v) is 5.94.